The first kappa shape index (κ1) is 18.9. The average Bonchev–Trinajstić information content (AvgIpc) is 2.59. The predicted octanol–water partition coefficient (Wildman–Crippen LogP) is 2.63. The maximum Gasteiger partial charge on any atom is 0.251 e. The molecule has 0 aliphatic carbocycles. The Bertz CT molecular complexity index is 854. The van der Waals surface area contributed by atoms with Crippen LogP contribution in [0, 0.1) is 0 Å². The van der Waals surface area contributed by atoms with Crippen LogP contribution in [-0.2, 0) is 16.4 Å². The minimum absolute atomic E-state index is 0.0622. The maximum atomic E-state index is 12.4. The van der Waals surface area contributed by atoms with Crippen LogP contribution in [0.15, 0.2) is 47.6 Å². The summed E-state index contributed by atoms with van der Waals surface area (Å²) in [7, 11) is -1.87. The molecule has 0 atom stereocenters. The van der Waals surface area contributed by atoms with Crippen LogP contribution in [0.3, 0.4) is 0 Å². The first-order valence-electron chi connectivity index (χ1n) is 7.91. The fourth-order valence-corrected chi connectivity index (χ4v) is 3.19. The highest BCUT2D eigenvalue weighted by atomic mass is 32.2. The molecule has 1 heterocycles. The van der Waals surface area contributed by atoms with Gasteiger partial charge >= 0.3 is 0 Å². The highest BCUT2D eigenvalue weighted by Gasteiger charge is 2.31. The molecule has 0 aliphatic rings. The third-order valence-electron chi connectivity index (χ3n) is 3.73. The Hall–Kier alpha value is -2.41. The summed E-state index contributed by atoms with van der Waals surface area (Å²) in [5.74, 6) is -0.139. The molecule has 2 aromatic rings. The molecule has 1 amide bonds. The van der Waals surface area contributed by atoms with Gasteiger partial charge in [-0.15, -0.1) is 0 Å². The van der Waals surface area contributed by atoms with Gasteiger partial charge in [-0.3, -0.25) is 4.79 Å². The highest BCUT2D eigenvalue weighted by molar-refractivity contribution is 7.92. The van der Waals surface area contributed by atoms with E-state index < -0.39 is 14.6 Å². The normalized spacial score (nSPS) is 11.8. The molecule has 0 radical (unpaired) electrons. The lowest BCUT2D eigenvalue weighted by atomic mass is 10.1. The molecule has 25 heavy (non-hydrogen) atoms. The van der Waals surface area contributed by atoms with Crippen LogP contribution in [0.5, 0.6) is 0 Å². The molecule has 7 heteroatoms. The molecule has 0 bridgehead atoms. The topological polar surface area (TPSA) is 88.2 Å². The Morgan fingerprint density at radius 3 is 2.44 bits per heavy atom. The van der Waals surface area contributed by atoms with Crippen molar-refractivity contribution in [2.45, 2.75) is 37.1 Å². The smallest absolute Gasteiger partial charge is 0.251 e. The van der Waals surface area contributed by atoms with Crippen LogP contribution < -0.4 is 10.6 Å². The number of benzene rings is 1. The number of rotatable bonds is 5. The minimum atomic E-state index is -3.46. The first-order valence-corrected chi connectivity index (χ1v) is 9.39. The van der Waals surface area contributed by atoms with Gasteiger partial charge < -0.3 is 10.6 Å². The van der Waals surface area contributed by atoms with Gasteiger partial charge in [-0.05, 0) is 50.6 Å². The number of anilines is 1. The zero-order valence-electron chi connectivity index (χ0n) is 14.8. The lowest BCUT2D eigenvalue weighted by molar-refractivity contribution is 0.0963. The van der Waals surface area contributed by atoms with Gasteiger partial charge in [-0.2, -0.15) is 0 Å². The molecule has 6 nitrogen and oxygen atoms in total. The van der Waals surface area contributed by atoms with E-state index in [4.69, 9.17) is 0 Å². The molecule has 1 aromatic carbocycles. The Kier molecular flexibility index (Phi) is 5.47. The van der Waals surface area contributed by atoms with Gasteiger partial charge in [-0.1, -0.05) is 12.1 Å². The number of amides is 1. The van der Waals surface area contributed by atoms with Gasteiger partial charge in [0.05, 0.1) is 16.6 Å². The summed E-state index contributed by atoms with van der Waals surface area (Å²) in [5, 5.41) is 5.82. The maximum absolute atomic E-state index is 12.4. The fraction of sp³-hybridized carbons (Fsp3) is 0.333. The van der Waals surface area contributed by atoms with Gasteiger partial charge in [0.15, 0.2) is 14.9 Å². The Balaban J connectivity index is 2.09. The summed E-state index contributed by atoms with van der Waals surface area (Å²) in [6.07, 6.45) is 1.50. The molecule has 0 spiro atoms. The van der Waals surface area contributed by atoms with E-state index >= 15 is 0 Å². The van der Waals surface area contributed by atoms with Crippen molar-refractivity contribution in [3.05, 3.63) is 53.7 Å². The van der Waals surface area contributed by atoms with Crippen molar-refractivity contribution < 1.29 is 13.2 Å². The molecule has 2 rings (SSSR count). The van der Waals surface area contributed by atoms with Crippen LogP contribution in [-0.4, -0.2) is 31.1 Å². The number of aromatic nitrogens is 1. The number of pyridine rings is 1. The van der Waals surface area contributed by atoms with Crippen LogP contribution in [0.25, 0.3) is 0 Å². The Labute approximate surface area is 148 Å². The second kappa shape index (κ2) is 7.23. The molecular weight excluding hydrogens is 338 g/mol. The molecule has 1 aromatic heterocycles. The predicted molar refractivity (Wildman–Crippen MR) is 98.3 cm³/mol. The number of nitrogens with zero attached hydrogens (tertiary/aromatic N) is 1. The van der Waals surface area contributed by atoms with Crippen LogP contribution >= 0.6 is 0 Å². The number of hydrogen-bond acceptors (Lipinski definition) is 5. The molecule has 0 saturated heterocycles. The van der Waals surface area contributed by atoms with Gasteiger partial charge in [0.25, 0.3) is 5.91 Å². The van der Waals surface area contributed by atoms with E-state index in [0.717, 1.165) is 5.56 Å². The molecular formula is C18H23N3O3S. The summed E-state index contributed by atoms with van der Waals surface area (Å²) in [4.78, 5) is 15.7. The van der Waals surface area contributed by atoms with Crippen LogP contribution in [0.4, 0.5) is 5.69 Å². The molecule has 0 aliphatic heterocycles. The summed E-state index contributed by atoms with van der Waals surface area (Å²) in [6.45, 7) is 5.44. The van der Waals surface area contributed by atoms with Crippen molar-refractivity contribution in [2.75, 3.05) is 12.4 Å². The van der Waals surface area contributed by atoms with E-state index in [1.54, 1.807) is 46.0 Å². The molecule has 0 fully saturated rings. The van der Waals surface area contributed by atoms with Crippen molar-refractivity contribution in [3.63, 3.8) is 0 Å². The van der Waals surface area contributed by atoms with Gasteiger partial charge in [0, 0.05) is 19.2 Å². The number of nitrogens with one attached hydrogen (secondary N) is 2. The van der Waals surface area contributed by atoms with Crippen molar-refractivity contribution in [1.29, 1.82) is 0 Å². The standard InChI is InChI=1S/C18H23N3O3S/c1-18(2,3)25(23,24)16-9-8-15(12-21-16)20-11-13-6-5-7-14(10-13)17(22)19-4/h5-10,12,20H,11H2,1-4H3,(H,19,22). The fourth-order valence-electron chi connectivity index (χ4n) is 2.13. The van der Waals surface area contributed by atoms with Gasteiger partial charge in [0.1, 0.15) is 0 Å². The number of sulfone groups is 1. The molecule has 2 N–H and O–H groups in total. The minimum Gasteiger partial charge on any atom is -0.380 e. The summed E-state index contributed by atoms with van der Waals surface area (Å²) in [6, 6.07) is 10.5. The summed E-state index contributed by atoms with van der Waals surface area (Å²) < 4.78 is 23.8. The largest absolute Gasteiger partial charge is 0.380 e. The monoisotopic (exact) mass is 361 g/mol. The first-order chi connectivity index (χ1) is 11.6. The van der Waals surface area contributed by atoms with Crippen molar-refractivity contribution in [3.8, 4) is 0 Å². The number of carbonyl (C=O) groups is 1. The van der Waals surface area contributed by atoms with Crippen molar-refractivity contribution in [1.82, 2.24) is 10.3 Å². The third-order valence-corrected chi connectivity index (χ3v) is 6.14. The zero-order chi connectivity index (χ0) is 18.7. The van der Waals surface area contributed by atoms with E-state index in [9.17, 15) is 13.2 Å². The van der Waals surface area contributed by atoms with Crippen LogP contribution in [0.1, 0.15) is 36.7 Å². The van der Waals surface area contributed by atoms with Gasteiger partial charge in [-0.25, -0.2) is 13.4 Å². The lowest BCUT2D eigenvalue weighted by Gasteiger charge is -2.18. The van der Waals surface area contributed by atoms with Crippen molar-refractivity contribution in [2.24, 2.45) is 0 Å². The molecule has 0 unspecified atom stereocenters. The SMILES string of the molecule is CNC(=O)c1cccc(CNc2ccc(S(=O)(=O)C(C)(C)C)nc2)c1. The van der Waals surface area contributed by atoms with E-state index in [0.29, 0.717) is 17.8 Å². The van der Waals surface area contributed by atoms with Gasteiger partial charge in [0.2, 0.25) is 0 Å². The van der Waals surface area contributed by atoms with Crippen LogP contribution in [0.2, 0.25) is 0 Å². The molecule has 0 saturated carbocycles. The second-order valence-corrected chi connectivity index (χ2v) is 9.28. The Morgan fingerprint density at radius 1 is 1.16 bits per heavy atom. The number of carbonyl (C=O) groups excluding carboxylic acids is 1. The summed E-state index contributed by atoms with van der Waals surface area (Å²) in [5.41, 5.74) is 2.23. The second-order valence-electron chi connectivity index (χ2n) is 6.63. The zero-order valence-corrected chi connectivity index (χ0v) is 15.6. The average molecular weight is 361 g/mol. The van der Waals surface area contributed by atoms with E-state index in [2.05, 4.69) is 15.6 Å². The van der Waals surface area contributed by atoms with E-state index in [-0.39, 0.29) is 10.9 Å². The van der Waals surface area contributed by atoms with E-state index in [1.165, 1.54) is 12.3 Å². The quantitative estimate of drug-likeness (QED) is 0.855. The van der Waals surface area contributed by atoms with E-state index in [1.807, 2.05) is 12.1 Å². The third kappa shape index (κ3) is 4.36. The highest BCUT2D eigenvalue weighted by Crippen LogP contribution is 2.23. The van der Waals surface area contributed by atoms with Crippen molar-refractivity contribution >= 4 is 21.4 Å². The lowest BCUT2D eigenvalue weighted by Crippen LogP contribution is -2.28. The summed E-state index contributed by atoms with van der Waals surface area (Å²) >= 11 is 0. The Morgan fingerprint density at radius 2 is 1.88 bits per heavy atom. The number of hydrogen-bond donors (Lipinski definition) is 2. The molecule has 134 valence electrons.